The Morgan fingerprint density at radius 3 is 2.66 bits per heavy atom. The van der Waals surface area contributed by atoms with Gasteiger partial charge in [0.2, 0.25) is 5.91 Å². The SMILES string of the molecule is C[C@@H]1CN(Cc2csc(NC(=O)CCCN3C(=O)NC(C)(C)C3=O)n2)C[C@@H](C)O1. The number of nitrogens with one attached hydrogen (secondary N) is 2. The van der Waals surface area contributed by atoms with Gasteiger partial charge in [0.05, 0.1) is 17.9 Å². The van der Waals surface area contributed by atoms with E-state index >= 15 is 0 Å². The summed E-state index contributed by atoms with van der Waals surface area (Å²) < 4.78 is 5.74. The minimum absolute atomic E-state index is 0.175. The van der Waals surface area contributed by atoms with Crippen molar-refractivity contribution in [3.63, 3.8) is 0 Å². The fourth-order valence-corrected chi connectivity index (χ4v) is 4.40. The van der Waals surface area contributed by atoms with Gasteiger partial charge in [-0.2, -0.15) is 0 Å². The molecule has 160 valence electrons. The monoisotopic (exact) mass is 423 g/mol. The van der Waals surface area contributed by atoms with E-state index in [1.807, 2.05) is 5.38 Å². The van der Waals surface area contributed by atoms with Crippen molar-refractivity contribution in [1.29, 1.82) is 0 Å². The lowest BCUT2D eigenvalue weighted by Crippen LogP contribution is -2.44. The van der Waals surface area contributed by atoms with E-state index in [4.69, 9.17) is 4.74 Å². The number of carbonyl (C=O) groups excluding carboxylic acids is 3. The van der Waals surface area contributed by atoms with Gasteiger partial charge >= 0.3 is 6.03 Å². The molecule has 0 saturated carbocycles. The second-order valence-corrected chi connectivity index (χ2v) is 9.12. The van der Waals surface area contributed by atoms with Gasteiger partial charge in [-0.3, -0.25) is 19.4 Å². The number of carbonyl (C=O) groups is 3. The molecule has 2 saturated heterocycles. The van der Waals surface area contributed by atoms with Crippen molar-refractivity contribution in [2.75, 3.05) is 25.0 Å². The van der Waals surface area contributed by atoms with Crippen LogP contribution in [0, 0.1) is 0 Å². The normalized spacial score (nSPS) is 24.6. The minimum Gasteiger partial charge on any atom is -0.373 e. The lowest BCUT2D eigenvalue weighted by Gasteiger charge is -2.34. The smallest absolute Gasteiger partial charge is 0.325 e. The van der Waals surface area contributed by atoms with E-state index in [0.29, 0.717) is 11.6 Å². The number of morpholine rings is 1. The number of urea groups is 1. The van der Waals surface area contributed by atoms with E-state index in [1.165, 1.54) is 16.2 Å². The molecule has 29 heavy (non-hydrogen) atoms. The summed E-state index contributed by atoms with van der Waals surface area (Å²) in [6, 6.07) is -0.406. The van der Waals surface area contributed by atoms with Crippen molar-refractivity contribution in [1.82, 2.24) is 20.1 Å². The Morgan fingerprint density at radius 2 is 2.03 bits per heavy atom. The van der Waals surface area contributed by atoms with Gasteiger partial charge in [-0.05, 0) is 34.1 Å². The first-order chi connectivity index (χ1) is 13.6. The molecule has 0 unspecified atom stereocenters. The van der Waals surface area contributed by atoms with Crippen LogP contribution in [0.3, 0.4) is 0 Å². The molecule has 0 spiro atoms. The zero-order valence-corrected chi connectivity index (χ0v) is 18.2. The third-order valence-corrected chi connectivity index (χ3v) is 5.72. The zero-order chi connectivity index (χ0) is 21.2. The number of amides is 4. The van der Waals surface area contributed by atoms with E-state index in [-0.39, 0.29) is 37.0 Å². The number of ether oxygens (including phenoxy) is 1. The Balaban J connectivity index is 1.42. The standard InChI is InChI=1S/C19H29N5O4S/c1-12-8-23(9-13(2)28-12)10-14-11-29-17(20-14)21-15(25)6-5-7-24-16(26)19(3,4)22-18(24)27/h11-13H,5-10H2,1-4H3,(H,22,27)(H,20,21,25)/t12-,13-/m1/s1. The molecule has 3 rings (SSSR count). The van der Waals surface area contributed by atoms with Crippen molar-refractivity contribution >= 4 is 34.3 Å². The van der Waals surface area contributed by atoms with Crippen LogP contribution in [0.1, 0.15) is 46.2 Å². The number of aromatic nitrogens is 1. The summed E-state index contributed by atoms with van der Waals surface area (Å²) in [5, 5.41) is 7.95. The van der Waals surface area contributed by atoms with Gasteiger partial charge in [-0.15, -0.1) is 11.3 Å². The van der Waals surface area contributed by atoms with Gasteiger partial charge in [0.25, 0.3) is 5.91 Å². The molecule has 3 heterocycles. The lowest BCUT2D eigenvalue weighted by atomic mass is 10.1. The summed E-state index contributed by atoms with van der Waals surface area (Å²) >= 11 is 1.40. The highest BCUT2D eigenvalue weighted by atomic mass is 32.1. The number of anilines is 1. The van der Waals surface area contributed by atoms with Gasteiger partial charge in [0, 0.05) is 38.0 Å². The third-order valence-electron chi connectivity index (χ3n) is 4.91. The van der Waals surface area contributed by atoms with Crippen molar-refractivity contribution in [3.8, 4) is 0 Å². The molecular formula is C19H29N5O4S. The minimum atomic E-state index is -0.882. The Hall–Kier alpha value is -2.04. The molecule has 0 aliphatic carbocycles. The van der Waals surface area contributed by atoms with Crippen LogP contribution in [-0.4, -0.2) is 70.0 Å². The first-order valence-electron chi connectivity index (χ1n) is 9.90. The van der Waals surface area contributed by atoms with Crippen molar-refractivity contribution in [2.24, 2.45) is 0 Å². The molecule has 1 aromatic heterocycles. The molecule has 0 radical (unpaired) electrons. The van der Waals surface area contributed by atoms with Crippen LogP contribution < -0.4 is 10.6 Å². The van der Waals surface area contributed by atoms with Crippen LogP contribution in [0.5, 0.6) is 0 Å². The van der Waals surface area contributed by atoms with Gasteiger partial charge in [-0.25, -0.2) is 9.78 Å². The van der Waals surface area contributed by atoms with E-state index in [1.54, 1.807) is 13.8 Å². The average molecular weight is 424 g/mol. The molecule has 1 aromatic rings. The third kappa shape index (κ3) is 5.52. The highest BCUT2D eigenvalue weighted by molar-refractivity contribution is 7.13. The van der Waals surface area contributed by atoms with Crippen molar-refractivity contribution in [2.45, 2.75) is 64.8 Å². The van der Waals surface area contributed by atoms with Crippen molar-refractivity contribution < 1.29 is 19.1 Å². The molecule has 4 amide bonds. The van der Waals surface area contributed by atoms with E-state index in [0.717, 1.165) is 25.3 Å². The van der Waals surface area contributed by atoms with Crippen LogP contribution in [0.4, 0.5) is 9.93 Å². The Morgan fingerprint density at radius 1 is 1.34 bits per heavy atom. The molecule has 2 fully saturated rings. The van der Waals surface area contributed by atoms with E-state index in [2.05, 4.69) is 34.4 Å². The van der Waals surface area contributed by atoms with Crippen LogP contribution in [-0.2, 0) is 20.9 Å². The number of thiazole rings is 1. The number of hydrogen-bond acceptors (Lipinski definition) is 7. The zero-order valence-electron chi connectivity index (χ0n) is 17.4. The fraction of sp³-hybridized carbons (Fsp3) is 0.684. The highest BCUT2D eigenvalue weighted by Crippen LogP contribution is 2.20. The van der Waals surface area contributed by atoms with Gasteiger partial charge in [0.15, 0.2) is 5.13 Å². The summed E-state index contributed by atoms with van der Waals surface area (Å²) in [6.07, 6.45) is 1.02. The molecule has 0 aromatic carbocycles. The number of nitrogens with zero attached hydrogens (tertiary/aromatic N) is 3. The largest absolute Gasteiger partial charge is 0.373 e. The molecule has 2 aliphatic rings. The maximum atomic E-state index is 12.2. The van der Waals surface area contributed by atoms with Crippen LogP contribution in [0.25, 0.3) is 0 Å². The summed E-state index contributed by atoms with van der Waals surface area (Å²) in [6.45, 7) is 10.1. The van der Waals surface area contributed by atoms with E-state index in [9.17, 15) is 14.4 Å². The first kappa shape index (κ1) is 21.7. The first-order valence-corrected chi connectivity index (χ1v) is 10.8. The highest BCUT2D eigenvalue weighted by Gasteiger charge is 2.43. The topological polar surface area (TPSA) is 104 Å². The Kier molecular flexibility index (Phi) is 6.55. The molecule has 10 heteroatoms. The molecular weight excluding hydrogens is 394 g/mol. The second kappa shape index (κ2) is 8.76. The summed E-state index contributed by atoms with van der Waals surface area (Å²) in [5.74, 6) is -0.440. The molecule has 2 atom stereocenters. The summed E-state index contributed by atoms with van der Waals surface area (Å²) in [4.78, 5) is 44.1. The van der Waals surface area contributed by atoms with Crippen LogP contribution in [0.2, 0.25) is 0 Å². The van der Waals surface area contributed by atoms with Crippen molar-refractivity contribution in [3.05, 3.63) is 11.1 Å². The van der Waals surface area contributed by atoms with Gasteiger partial charge in [-0.1, -0.05) is 0 Å². The number of imide groups is 1. The van der Waals surface area contributed by atoms with Crippen LogP contribution >= 0.6 is 11.3 Å². The molecule has 2 N–H and O–H groups in total. The van der Waals surface area contributed by atoms with Gasteiger partial charge in [0.1, 0.15) is 5.54 Å². The summed E-state index contributed by atoms with van der Waals surface area (Å²) in [7, 11) is 0. The lowest BCUT2D eigenvalue weighted by molar-refractivity contribution is -0.130. The number of rotatable bonds is 7. The quantitative estimate of drug-likeness (QED) is 0.648. The Bertz CT molecular complexity index is 770. The maximum absolute atomic E-state index is 12.2. The Labute approximate surface area is 174 Å². The fourth-order valence-electron chi connectivity index (χ4n) is 3.68. The summed E-state index contributed by atoms with van der Waals surface area (Å²) in [5.41, 5.74) is 0.0420. The molecule has 2 aliphatic heterocycles. The van der Waals surface area contributed by atoms with Crippen LogP contribution in [0.15, 0.2) is 5.38 Å². The van der Waals surface area contributed by atoms with Gasteiger partial charge < -0.3 is 15.4 Å². The second-order valence-electron chi connectivity index (χ2n) is 8.26. The molecule has 9 nitrogen and oxygen atoms in total. The predicted molar refractivity (Wildman–Crippen MR) is 110 cm³/mol. The average Bonchev–Trinajstić information content (AvgIpc) is 3.10. The predicted octanol–water partition coefficient (Wildman–Crippen LogP) is 1.80. The molecule has 0 bridgehead atoms. The van der Waals surface area contributed by atoms with E-state index < -0.39 is 11.6 Å². The number of hydrogen-bond donors (Lipinski definition) is 2. The maximum Gasteiger partial charge on any atom is 0.325 e.